The molecule has 1 saturated carbocycles. The quantitative estimate of drug-likeness (QED) is 0.121. The standard InChI is InChI=1S/C35H31F6N/c1-2-3-4-5-22-6-8-23(9-7-22)24-10-12-25(13-11-24)26-14-15-32(42-21-26)27-18-28-20-30(36)29(16-17-35(39,40)41)34(38)33(28)31(37)19-27/h10-15,18-23H,2-9H2,1H3. The van der Waals surface area contributed by atoms with Crippen molar-refractivity contribution in [1.82, 2.24) is 4.98 Å². The molecule has 0 N–H and O–H groups in total. The first kappa shape index (κ1) is 29.7. The van der Waals surface area contributed by atoms with Crippen molar-refractivity contribution in [2.75, 3.05) is 0 Å². The van der Waals surface area contributed by atoms with Gasteiger partial charge in [-0.05, 0) is 78.3 Å². The smallest absolute Gasteiger partial charge is 0.256 e. The topological polar surface area (TPSA) is 12.9 Å². The van der Waals surface area contributed by atoms with Gasteiger partial charge in [0.15, 0.2) is 5.82 Å². The molecule has 1 aliphatic rings. The molecule has 4 aromatic rings. The molecule has 0 amide bonds. The van der Waals surface area contributed by atoms with E-state index in [4.69, 9.17) is 0 Å². The number of hydrogen-bond acceptors (Lipinski definition) is 1. The molecule has 1 aliphatic carbocycles. The fourth-order valence-corrected chi connectivity index (χ4v) is 5.96. The number of pyridine rings is 1. The van der Waals surface area contributed by atoms with Gasteiger partial charge in [-0.25, -0.2) is 13.2 Å². The Hall–Kier alpha value is -3.79. The van der Waals surface area contributed by atoms with Crippen LogP contribution in [-0.4, -0.2) is 11.2 Å². The predicted molar refractivity (Wildman–Crippen MR) is 154 cm³/mol. The number of unbranched alkanes of at least 4 members (excludes halogenated alkanes) is 2. The third-order valence-electron chi connectivity index (χ3n) is 8.25. The van der Waals surface area contributed by atoms with Crippen molar-refractivity contribution in [2.45, 2.75) is 70.4 Å². The number of hydrogen-bond donors (Lipinski definition) is 0. The summed E-state index contributed by atoms with van der Waals surface area (Å²) in [5, 5.41) is -0.776. The first-order chi connectivity index (χ1) is 20.1. The lowest BCUT2D eigenvalue weighted by Crippen LogP contribution is -2.13. The predicted octanol–water partition coefficient (Wildman–Crippen LogP) is 10.8. The Balaban J connectivity index is 1.31. The van der Waals surface area contributed by atoms with E-state index < -0.39 is 34.6 Å². The molecule has 1 heterocycles. The van der Waals surface area contributed by atoms with Gasteiger partial charge < -0.3 is 0 Å². The maximum atomic E-state index is 14.9. The summed E-state index contributed by atoms with van der Waals surface area (Å²) >= 11 is 0. The SMILES string of the molecule is CCCCCC1CCC(c2ccc(-c3ccc(-c4cc(F)c5c(F)c(C#CC(F)(F)F)c(F)cc5c4)nc3)cc2)CC1. The Morgan fingerprint density at radius 3 is 2.17 bits per heavy atom. The third kappa shape index (κ3) is 6.81. The first-order valence-electron chi connectivity index (χ1n) is 14.4. The summed E-state index contributed by atoms with van der Waals surface area (Å²) in [5.74, 6) is -0.115. The lowest BCUT2D eigenvalue weighted by Gasteiger charge is -2.29. The number of nitrogens with zero attached hydrogens (tertiary/aromatic N) is 1. The van der Waals surface area contributed by atoms with Gasteiger partial charge in [-0.3, -0.25) is 4.98 Å². The number of aromatic nitrogens is 1. The van der Waals surface area contributed by atoms with Crippen molar-refractivity contribution >= 4 is 10.8 Å². The van der Waals surface area contributed by atoms with Crippen molar-refractivity contribution in [3.8, 4) is 34.2 Å². The van der Waals surface area contributed by atoms with Gasteiger partial charge >= 0.3 is 6.18 Å². The highest BCUT2D eigenvalue weighted by molar-refractivity contribution is 5.89. The summed E-state index contributed by atoms with van der Waals surface area (Å²) in [6.45, 7) is 2.24. The second-order valence-corrected chi connectivity index (χ2v) is 11.1. The van der Waals surface area contributed by atoms with Gasteiger partial charge in [0.25, 0.3) is 0 Å². The molecule has 1 nitrogen and oxygen atoms in total. The molecule has 0 spiro atoms. The van der Waals surface area contributed by atoms with Gasteiger partial charge in [-0.15, -0.1) is 0 Å². The summed E-state index contributed by atoms with van der Waals surface area (Å²) in [7, 11) is 0. The molecule has 0 atom stereocenters. The van der Waals surface area contributed by atoms with Crippen LogP contribution in [0.4, 0.5) is 26.3 Å². The molecule has 1 fully saturated rings. The number of alkyl halides is 3. The molecule has 42 heavy (non-hydrogen) atoms. The fourth-order valence-electron chi connectivity index (χ4n) is 5.96. The molecule has 5 rings (SSSR count). The average Bonchev–Trinajstić information content (AvgIpc) is 2.97. The minimum absolute atomic E-state index is 0.144. The second kappa shape index (κ2) is 12.6. The van der Waals surface area contributed by atoms with Crippen molar-refractivity contribution in [3.05, 3.63) is 89.4 Å². The van der Waals surface area contributed by atoms with Crippen LogP contribution >= 0.6 is 0 Å². The lowest BCUT2D eigenvalue weighted by atomic mass is 9.77. The summed E-state index contributed by atoms with van der Waals surface area (Å²) in [5.41, 5.74) is 2.75. The molecule has 0 unspecified atom stereocenters. The minimum Gasteiger partial charge on any atom is -0.256 e. The summed E-state index contributed by atoms with van der Waals surface area (Å²) in [4.78, 5) is 4.44. The Kier molecular flexibility index (Phi) is 8.91. The van der Waals surface area contributed by atoms with E-state index in [1.807, 2.05) is 6.07 Å². The van der Waals surface area contributed by atoms with Gasteiger partial charge in [0.05, 0.1) is 16.6 Å². The number of halogens is 6. The summed E-state index contributed by atoms with van der Waals surface area (Å²) in [6, 6.07) is 15.2. The molecule has 3 aromatic carbocycles. The molecule has 0 aliphatic heterocycles. The fraction of sp³-hybridized carbons (Fsp3) is 0.343. The van der Waals surface area contributed by atoms with Crippen LogP contribution in [0.15, 0.2) is 60.8 Å². The maximum Gasteiger partial charge on any atom is 0.458 e. The highest BCUT2D eigenvalue weighted by Gasteiger charge is 2.25. The van der Waals surface area contributed by atoms with E-state index in [9.17, 15) is 26.3 Å². The first-order valence-corrected chi connectivity index (χ1v) is 14.4. The van der Waals surface area contributed by atoms with Gasteiger partial charge in [0.1, 0.15) is 11.6 Å². The van der Waals surface area contributed by atoms with Crippen molar-refractivity contribution < 1.29 is 26.3 Å². The van der Waals surface area contributed by atoms with E-state index in [1.54, 1.807) is 12.3 Å². The van der Waals surface area contributed by atoms with Crippen LogP contribution < -0.4 is 0 Å². The third-order valence-corrected chi connectivity index (χ3v) is 8.25. The molecule has 7 heteroatoms. The Bertz CT molecular complexity index is 1600. The number of fused-ring (bicyclic) bond motifs is 1. The average molecular weight is 580 g/mol. The largest absolute Gasteiger partial charge is 0.458 e. The van der Waals surface area contributed by atoms with Crippen molar-refractivity contribution in [1.29, 1.82) is 0 Å². The zero-order valence-electron chi connectivity index (χ0n) is 23.3. The molecule has 0 radical (unpaired) electrons. The molecular weight excluding hydrogens is 548 g/mol. The van der Waals surface area contributed by atoms with E-state index in [0.29, 0.717) is 11.6 Å². The monoisotopic (exact) mass is 579 g/mol. The van der Waals surface area contributed by atoms with Gasteiger partial charge in [-0.1, -0.05) is 68.9 Å². The van der Waals surface area contributed by atoms with Gasteiger partial charge in [0, 0.05) is 23.2 Å². The highest BCUT2D eigenvalue weighted by atomic mass is 19.4. The van der Waals surface area contributed by atoms with Crippen molar-refractivity contribution in [2.24, 2.45) is 5.92 Å². The normalized spacial score (nSPS) is 17.2. The van der Waals surface area contributed by atoms with Crippen LogP contribution in [0, 0.1) is 35.2 Å². The van der Waals surface area contributed by atoms with Crippen LogP contribution in [-0.2, 0) is 0 Å². The van der Waals surface area contributed by atoms with Crippen LogP contribution in [0.2, 0.25) is 0 Å². The van der Waals surface area contributed by atoms with E-state index in [-0.39, 0.29) is 10.9 Å². The van der Waals surface area contributed by atoms with E-state index in [0.717, 1.165) is 35.1 Å². The molecule has 1 aromatic heterocycles. The Labute approximate surface area is 242 Å². The Morgan fingerprint density at radius 2 is 1.52 bits per heavy atom. The molecule has 218 valence electrons. The minimum atomic E-state index is -4.94. The summed E-state index contributed by atoms with van der Waals surface area (Å²) in [6.07, 6.45) is 7.04. The summed E-state index contributed by atoms with van der Waals surface area (Å²) < 4.78 is 81.4. The van der Waals surface area contributed by atoms with E-state index in [2.05, 4.69) is 36.2 Å². The van der Waals surface area contributed by atoms with Crippen molar-refractivity contribution in [3.63, 3.8) is 0 Å². The van der Waals surface area contributed by atoms with Crippen LogP contribution in [0.1, 0.15) is 75.3 Å². The van der Waals surface area contributed by atoms with E-state index >= 15 is 0 Å². The van der Waals surface area contributed by atoms with Crippen LogP contribution in [0.5, 0.6) is 0 Å². The molecular formula is C35H31F6N. The number of benzene rings is 3. The molecule has 0 saturated heterocycles. The maximum absolute atomic E-state index is 14.9. The zero-order chi connectivity index (χ0) is 29.9. The van der Waals surface area contributed by atoms with Gasteiger partial charge in [-0.2, -0.15) is 13.2 Å². The van der Waals surface area contributed by atoms with Crippen LogP contribution in [0.3, 0.4) is 0 Å². The number of rotatable bonds is 7. The highest BCUT2D eigenvalue weighted by Crippen LogP contribution is 2.38. The Morgan fingerprint density at radius 1 is 0.810 bits per heavy atom. The van der Waals surface area contributed by atoms with Crippen LogP contribution in [0.25, 0.3) is 33.2 Å². The molecule has 0 bridgehead atoms. The second-order valence-electron chi connectivity index (χ2n) is 11.1. The lowest BCUT2D eigenvalue weighted by molar-refractivity contribution is -0.0696. The van der Waals surface area contributed by atoms with E-state index in [1.165, 1.54) is 68.9 Å². The van der Waals surface area contributed by atoms with Gasteiger partial charge in [0.2, 0.25) is 0 Å². The zero-order valence-corrected chi connectivity index (χ0v) is 23.3.